The zero-order valence-corrected chi connectivity index (χ0v) is 11.7. The molecule has 20 heavy (non-hydrogen) atoms. The molecule has 0 bridgehead atoms. The van der Waals surface area contributed by atoms with E-state index in [4.69, 9.17) is 0 Å². The Morgan fingerprint density at radius 1 is 1.60 bits per heavy atom. The lowest BCUT2D eigenvalue weighted by molar-refractivity contribution is -0.385. The number of amides is 1. The van der Waals surface area contributed by atoms with E-state index in [1.165, 1.54) is 10.9 Å². The molecule has 0 aliphatic carbocycles. The normalized spacial score (nSPS) is 12.4. The highest BCUT2D eigenvalue weighted by atomic mass is 16.6. The molecule has 0 aromatic carbocycles. The molecule has 1 aromatic heterocycles. The van der Waals surface area contributed by atoms with E-state index in [1.807, 2.05) is 13.8 Å². The highest BCUT2D eigenvalue weighted by Crippen LogP contribution is 2.08. The van der Waals surface area contributed by atoms with Crippen LogP contribution in [0.15, 0.2) is 12.4 Å². The van der Waals surface area contributed by atoms with Crippen molar-refractivity contribution in [2.24, 2.45) is 5.92 Å². The molecule has 0 fully saturated rings. The summed E-state index contributed by atoms with van der Waals surface area (Å²) in [5.74, 6) is 0.150. The number of carbonyl (C=O) groups is 1. The van der Waals surface area contributed by atoms with Gasteiger partial charge in [0, 0.05) is 19.5 Å². The van der Waals surface area contributed by atoms with Gasteiger partial charge in [-0.25, -0.2) is 0 Å². The fourth-order valence-electron chi connectivity index (χ4n) is 1.73. The van der Waals surface area contributed by atoms with Gasteiger partial charge in [0.05, 0.1) is 11.0 Å². The van der Waals surface area contributed by atoms with E-state index in [1.54, 1.807) is 0 Å². The molecule has 0 aliphatic heterocycles. The van der Waals surface area contributed by atoms with Gasteiger partial charge in [0.15, 0.2) is 0 Å². The summed E-state index contributed by atoms with van der Waals surface area (Å²) in [6.07, 6.45) is 2.66. The maximum atomic E-state index is 11.6. The van der Waals surface area contributed by atoms with Crippen LogP contribution in [-0.4, -0.2) is 38.4 Å². The van der Waals surface area contributed by atoms with Crippen LogP contribution in [0.25, 0.3) is 0 Å². The SMILES string of the molecule is CC(C)CC(O)CNC(=O)CCn1cc([N+](=O)[O-])cn1. The summed E-state index contributed by atoms with van der Waals surface area (Å²) in [7, 11) is 0. The van der Waals surface area contributed by atoms with Crippen LogP contribution in [0.4, 0.5) is 5.69 Å². The number of aryl methyl sites for hydroxylation is 1. The molecule has 0 spiro atoms. The van der Waals surface area contributed by atoms with Gasteiger partial charge in [-0.15, -0.1) is 0 Å². The zero-order chi connectivity index (χ0) is 15.1. The number of nitrogens with zero attached hydrogens (tertiary/aromatic N) is 3. The lowest BCUT2D eigenvalue weighted by atomic mass is 10.1. The van der Waals surface area contributed by atoms with Crippen molar-refractivity contribution in [1.82, 2.24) is 15.1 Å². The van der Waals surface area contributed by atoms with Crippen molar-refractivity contribution in [2.45, 2.75) is 39.3 Å². The second kappa shape index (κ2) is 7.59. The van der Waals surface area contributed by atoms with Crippen LogP contribution in [0.2, 0.25) is 0 Å². The van der Waals surface area contributed by atoms with Crippen molar-refractivity contribution in [3.8, 4) is 0 Å². The summed E-state index contributed by atoms with van der Waals surface area (Å²) in [5.41, 5.74) is -0.0993. The summed E-state index contributed by atoms with van der Waals surface area (Å²) in [5, 5.41) is 26.5. The van der Waals surface area contributed by atoms with Crippen molar-refractivity contribution in [2.75, 3.05) is 6.54 Å². The average molecular weight is 284 g/mol. The predicted octanol–water partition coefficient (Wildman–Crippen LogP) is 0.705. The molecule has 1 atom stereocenters. The van der Waals surface area contributed by atoms with Gasteiger partial charge in [-0.3, -0.25) is 19.6 Å². The Morgan fingerprint density at radius 3 is 2.85 bits per heavy atom. The highest BCUT2D eigenvalue weighted by Gasteiger charge is 2.11. The summed E-state index contributed by atoms with van der Waals surface area (Å²) in [4.78, 5) is 21.5. The number of nitrogens with one attached hydrogen (secondary N) is 1. The molecule has 8 heteroatoms. The Morgan fingerprint density at radius 2 is 2.30 bits per heavy atom. The van der Waals surface area contributed by atoms with Gasteiger partial charge >= 0.3 is 5.69 Å². The molecule has 0 radical (unpaired) electrons. The molecule has 1 amide bonds. The molecule has 0 saturated carbocycles. The Bertz CT molecular complexity index is 458. The largest absolute Gasteiger partial charge is 0.391 e. The molecule has 1 unspecified atom stereocenters. The van der Waals surface area contributed by atoms with Gasteiger partial charge in [0.1, 0.15) is 12.4 Å². The number of hydrogen-bond acceptors (Lipinski definition) is 5. The molecule has 2 N–H and O–H groups in total. The van der Waals surface area contributed by atoms with Crippen LogP contribution in [0, 0.1) is 16.0 Å². The maximum Gasteiger partial charge on any atom is 0.306 e. The molecular formula is C12H20N4O4. The van der Waals surface area contributed by atoms with E-state index in [-0.39, 0.29) is 31.1 Å². The van der Waals surface area contributed by atoms with E-state index in [2.05, 4.69) is 10.4 Å². The van der Waals surface area contributed by atoms with Crippen LogP contribution >= 0.6 is 0 Å². The van der Waals surface area contributed by atoms with E-state index < -0.39 is 11.0 Å². The van der Waals surface area contributed by atoms with Crippen LogP contribution in [0.1, 0.15) is 26.7 Å². The topological polar surface area (TPSA) is 110 Å². The van der Waals surface area contributed by atoms with Gasteiger partial charge in [-0.05, 0) is 12.3 Å². The lowest BCUT2D eigenvalue weighted by Crippen LogP contribution is -2.33. The van der Waals surface area contributed by atoms with Crippen LogP contribution in [-0.2, 0) is 11.3 Å². The van der Waals surface area contributed by atoms with Crippen LogP contribution in [0.5, 0.6) is 0 Å². The Kier molecular flexibility index (Phi) is 6.10. The average Bonchev–Trinajstić information content (AvgIpc) is 2.82. The molecule has 0 saturated heterocycles. The fraction of sp³-hybridized carbons (Fsp3) is 0.667. The minimum atomic E-state index is -0.551. The summed E-state index contributed by atoms with van der Waals surface area (Å²) in [6, 6.07) is 0. The van der Waals surface area contributed by atoms with Crippen molar-refractivity contribution in [1.29, 1.82) is 0 Å². The van der Waals surface area contributed by atoms with Crippen molar-refractivity contribution in [3.05, 3.63) is 22.5 Å². The fourth-order valence-corrected chi connectivity index (χ4v) is 1.73. The zero-order valence-electron chi connectivity index (χ0n) is 11.7. The molecule has 0 aliphatic rings. The summed E-state index contributed by atoms with van der Waals surface area (Å²) < 4.78 is 1.35. The number of aromatic nitrogens is 2. The lowest BCUT2D eigenvalue weighted by Gasteiger charge is -2.13. The van der Waals surface area contributed by atoms with E-state index in [9.17, 15) is 20.0 Å². The molecule has 1 aromatic rings. The molecule has 1 rings (SSSR count). The third-order valence-corrected chi connectivity index (χ3v) is 2.68. The minimum Gasteiger partial charge on any atom is -0.391 e. The number of rotatable bonds is 8. The number of nitro groups is 1. The first-order valence-corrected chi connectivity index (χ1v) is 6.50. The van der Waals surface area contributed by atoms with E-state index >= 15 is 0 Å². The number of aliphatic hydroxyl groups excluding tert-OH is 1. The second-order valence-electron chi connectivity index (χ2n) is 5.06. The van der Waals surface area contributed by atoms with Gasteiger partial charge in [-0.1, -0.05) is 13.8 Å². The molecule has 112 valence electrons. The monoisotopic (exact) mass is 284 g/mol. The standard InChI is InChI=1S/C12H20N4O4/c1-9(2)5-11(17)7-13-12(18)3-4-15-8-10(6-14-15)16(19)20/h6,8-9,11,17H,3-5,7H2,1-2H3,(H,13,18). The Balaban J connectivity index is 2.27. The van der Waals surface area contributed by atoms with Gasteiger partial charge in [-0.2, -0.15) is 5.10 Å². The first-order chi connectivity index (χ1) is 9.38. The summed E-state index contributed by atoms with van der Waals surface area (Å²) in [6.45, 7) is 4.47. The third-order valence-electron chi connectivity index (χ3n) is 2.68. The van der Waals surface area contributed by atoms with Crippen LogP contribution < -0.4 is 5.32 Å². The number of aliphatic hydroxyl groups is 1. The van der Waals surface area contributed by atoms with Gasteiger partial charge in [0.2, 0.25) is 5.91 Å². The van der Waals surface area contributed by atoms with E-state index in [0.717, 1.165) is 6.20 Å². The number of hydrogen-bond donors (Lipinski definition) is 2. The van der Waals surface area contributed by atoms with Gasteiger partial charge < -0.3 is 10.4 Å². The first kappa shape index (κ1) is 16.1. The maximum absolute atomic E-state index is 11.6. The van der Waals surface area contributed by atoms with E-state index in [0.29, 0.717) is 12.3 Å². The smallest absolute Gasteiger partial charge is 0.306 e. The quantitative estimate of drug-likeness (QED) is 0.539. The van der Waals surface area contributed by atoms with Crippen molar-refractivity contribution >= 4 is 11.6 Å². The summed E-state index contributed by atoms with van der Waals surface area (Å²) >= 11 is 0. The Labute approximate surface area is 116 Å². The van der Waals surface area contributed by atoms with Crippen LogP contribution in [0.3, 0.4) is 0 Å². The van der Waals surface area contributed by atoms with Crippen molar-refractivity contribution in [3.63, 3.8) is 0 Å². The first-order valence-electron chi connectivity index (χ1n) is 6.50. The Hall–Kier alpha value is -1.96. The predicted molar refractivity (Wildman–Crippen MR) is 72.0 cm³/mol. The number of carbonyl (C=O) groups excluding carboxylic acids is 1. The third kappa shape index (κ3) is 5.79. The molecular weight excluding hydrogens is 264 g/mol. The molecule has 1 heterocycles. The molecule has 8 nitrogen and oxygen atoms in total. The minimum absolute atomic E-state index is 0.0993. The second-order valence-corrected chi connectivity index (χ2v) is 5.06. The van der Waals surface area contributed by atoms with Crippen molar-refractivity contribution < 1.29 is 14.8 Å². The highest BCUT2D eigenvalue weighted by molar-refractivity contribution is 5.75. The van der Waals surface area contributed by atoms with Gasteiger partial charge in [0.25, 0.3) is 0 Å².